The molecule has 0 aliphatic rings. The van der Waals surface area contributed by atoms with Crippen molar-refractivity contribution in [1.82, 2.24) is 10.6 Å². The van der Waals surface area contributed by atoms with Gasteiger partial charge < -0.3 is 15.1 Å². The predicted molar refractivity (Wildman–Crippen MR) is 45.0 cm³/mol. The van der Waals surface area contributed by atoms with Gasteiger partial charge in [0.05, 0.1) is 12.5 Å². The van der Waals surface area contributed by atoms with E-state index in [0.29, 0.717) is 5.56 Å². The average Bonchev–Trinajstić information content (AvgIpc) is 2.62. The van der Waals surface area contributed by atoms with Gasteiger partial charge in [-0.25, -0.2) is 4.79 Å². The van der Waals surface area contributed by atoms with Gasteiger partial charge in [-0.1, -0.05) is 0 Å². The number of hydrogen-bond acceptors (Lipinski definition) is 2. The zero-order valence-electron chi connectivity index (χ0n) is 7.60. The molecule has 0 saturated heterocycles. The molecule has 15 heavy (non-hydrogen) atoms. The van der Waals surface area contributed by atoms with Gasteiger partial charge in [0.2, 0.25) is 0 Å². The van der Waals surface area contributed by atoms with Gasteiger partial charge in [0.25, 0.3) is 0 Å². The highest BCUT2D eigenvalue weighted by molar-refractivity contribution is 5.73. The van der Waals surface area contributed by atoms with E-state index in [1.165, 1.54) is 12.5 Å². The summed E-state index contributed by atoms with van der Waals surface area (Å²) < 4.78 is 39.7. The Kier molecular flexibility index (Phi) is 3.59. The summed E-state index contributed by atoms with van der Waals surface area (Å²) in [5.41, 5.74) is 0.678. The van der Waals surface area contributed by atoms with Gasteiger partial charge in [-0.3, -0.25) is 0 Å². The van der Waals surface area contributed by atoms with E-state index in [-0.39, 0.29) is 6.54 Å². The lowest BCUT2D eigenvalue weighted by Crippen LogP contribution is -2.40. The topological polar surface area (TPSA) is 54.3 Å². The number of rotatable bonds is 3. The lowest BCUT2D eigenvalue weighted by molar-refractivity contribution is -0.122. The first kappa shape index (κ1) is 11.4. The molecule has 0 radical (unpaired) electrons. The third-order valence-electron chi connectivity index (χ3n) is 1.48. The summed E-state index contributed by atoms with van der Waals surface area (Å²) >= 11 is 0. The molecule has 0 aromatic carbocycles. The average molecular weight is 222 g/mol. The van der Waals surface area contributed by atoms with Crippen molar-refractivity contribution < 1.29 is 22.4 Å². The number of nitrogens with one attached hydrogen (secondary N) is 2. The van der Waals surface area contributed by atoms with Gasteiger partial charge in [0.1, 0.15) is 6.54 Å². The molecule has 1 rings (SSSR count). The van der Waals surface area contributed by atoms with Crippen LogP contribution in [0.15, 0.2) is 23.0 Å². The molecule has 2 N–H and O–H groups in total. The molecule has 0 unspecified atom stereocenters. The number of carbonyl (C=O) groups excluding carboxylic acids is 1. The van der Waals surface area contributed by atoms with Crippen LogP contribution in [-0.4, -0.2) is 18.8 Å². The van der Waals surface area contributed by atoms with E-state index >= 15 is 0 Å². The van der Waals surface area contributed by atoms with Crippen molar-refractivity contribution >= 4 is 6.03 Å². The maximum Gasteiger partial charge on any atom is 0.405 e. The molecule has 0 spiro atoms. The first-order valence-electron chi connectivity index (χ1n) is 4.07. The van der Waals surface area contributed by atoms with Crippen LogP contribution in [0.3, 0.4) is 0 Å². The van der Waals surface area contributed by atoms with E-state index in [1.807, 2.05) is 0 Å². The Labute approximate surface area is 83.4 Å². The fourth-order valence-corrected chi connectivity index (χ4v) is 0.819. The smallest absolute Gasteiger partial charge is 0.405 e. The molecule has 4 nitrogen and oxygen atoms in total. The number of halogens is 3. The Morgan fingerprint density at radius 3 is 2.67 bits per heavy atom. The summed E-state index contributed by atoms with van der Waals surface area (Å²) in [6.07, 6.45) is -1.60. The van der Waals surface area contributed by atoms with Crippen LogP contribution in [0.2, 0.25) is 0 Å². The van der Waals surface area contributed by atoms with Crippen molar-refractivity contribution in [3.05, 3.63) is 24.2 Å². The van der Waals surface area contributed by atoms with E-state index < -0.39 is 18.8 Å². The summed E-state index contributed by atoms with van der Waals surface area (Å²) in [7, 11) is 0. The second kappa shape index (κ2) is 4.72. The quantitative estimate of drug-likeness (QED) is 0.816. The maximum atomic E-state index is 11.7. The van der Waals surface area contributed by atoms with Crippen molar-refractivity contribution in [1.29, 1.82) is 0 Å². The molecule has 0 aliphatic heterocycles. The number of furan rings is 1. The Bertz CT molecular complexity index is 308. The predicted octanol–water partition coefficient (Wildman–Crippen LogP) is 1.64. The highest BCUT2D eigenvalue weighted by Crippen LogP contribution is 2.11. The summed E-state index contributed by atoms with van der Waals surface area (Å²) in [6.45, 7) is -1.22. The molecule has 7 heteroatoms. The second-order valence-corrected chi connectivity index (χ2v) is 2.78. The number of hydrogen-bond donors (Lipinski definition) is 2. The van der Waals surface area contributed by atoms with Crippen molar-refractivity contribution in [2.75, 3.05) is 6.54 Å². The van der Waals surface area contributed by atoms with E-state index in [4.69, 9.17) is 4.42 Å². The molecular weight excluding hydrogens is 213 g/mol. The van der Waals surface area contributed by atoms with Gasteiger partial charge >= 0.3 is 12.2 Å². The molecule has 0 fully saturated rings. The minimum Gasteiger partial charge on any atom is -0.472 e. The van der Waals surface area contributed by atoms with Gasteiger partial charge in [-0.2, -0.15) is 13.2 Å². The van der Waals surface area contributed by atoms with E-state index in [1.54, 1.807) is 11.4 Å². The molecule has 1 aromatic heterocycles. The molecule has 84 valence electrons. The van der Waals surface area contributed by atoms with Crippen LogP contribution >= 0.6 is 0 Å². The molecular formula is C8H9F3N2O2. The standard InChI is InChI=1S/C8H9F3N2O2/c9-8(10,11)5-13-7(14)12-3-6-1-2-15-4-6/h1-2,4H,3,5H2,(H2,12,13,14). The van der Waals surface area contributed by atoms with Crippen LogP contribution in [0.5, 0.6) is 0 Å². The van der Waals surface area contributed by atoms with Crippen LogP contribution < -0.4 is 10.6 Å². The molecule has 1 aromatic rings. The molecule has 0 bridgehead atoms. The Morgan fingerprint density at radius 1 is 1.40 bits per heavy atom. The van der Waals surface area contributed by atoms with Crippen LogP contribution in [0.25, 0.3) is 0 Å². The number of carbonyl (C=O) groups is 1. The summed E-state index contributed by atoms with van der Waals surface area (Å²) in [5.74, 6) is 0. The largest absolute Gasteiger partial charge is 0.472 e. The van der Waals surface area contributed by atoms with Crippen LogP contribution in [0.4, 0.5) is 18.0 Å². The number of urea groups is 1. The molecule has 0 saturated carbocycles. The van der Waals surface area contributed by atoms with Gasteiger partial charge in [0.15, 0.2) is 0 Å². The van der Waals surface area contributed by atoms with E-state index in [9.17, 15) is 18.0 Å². The monoisotopic (exact) mass is 222 g/mol. The molecule has 0 aliphatic carbocycles. The van der Waals surface area contributed by atoms with Crippen LogP contribution in [0.1, 0.15) is 5.56 Å². The Hall–Kier alpha value is -1.66. The van der Waals surface area contributed by atoms with E-state index in [2.05, 4.69) is 5.32 Å². The van der Waals surface area contributed by atoms with Crippen molar-refractivity contribution in [3.8, 4) is 0 Å². The van der Waals surface area contributed by atoms with Crippen LogP contribution in [0, 0.1) is 0 Å². The minimum atomic E-state index is -4.40. The van der Waals surface area contributed by atoms with E-state index in [0.717, 1.165) is 0 Å². The minimum absolute atomic E-state index is 0.125. The summed E-state index contributed by atoms with van der Waals surface area (Å²) in [6, 6.07) is 0.734. The summed E-state index contributed by atoms with van der Waals surface area (Å²) in [4.78, 5) is 10.8. The third kappa shape index (κ3) is 4.94. The summed E-state index contributed by atoms with van der Waals surface area (Å²) in [5, 5.41) is 3.93. The lowest BCUT2D eigenvalue weighted by Gasteiger charge is -2.08. The fraction of sp³-hybridized carbons (Fsp3) is 0.375. The molecule has 1 heterocycles. The van der Waals surface area contributed by atoms with Gasteiger partial charge in [-0.05, 0) is 6.07 Å². The Balaban J connectivity index is 2.20. The number of alkyl halides is 3. The SMILES string of the molecule is O=C(NCc1ccoc1)NCC(F)(F)F. The van der Waals surface area contributed by atoms with Crippen molar-refractivity contribution in [2.24, 2.45) is 0 Å². The highest BCUT2D eigenvalue weighted by Gasteiger charge is 2.27. The molecule has 0 atom stereocenters. The maximum absolute atomic E-state index is 11.7. The molecule has 2 amide bonds. The zero-order valence-corrected chi connectivity index (χ0v) is 7.60. The lowest BCUT2D eigenvalue weighted by atomic mass is 10.3. The first-order chi connectivity index (χ1) is 6.97. The third-order valence-corrected chi connectivity index (χ3v) is 1.48. The van der Waals surface area contributed by atoms with Crippen LogP contribution in [-0.2, 0) is 6.54 Å². The van der Waals surface area contributed by atoms with Gasteiger partial charge in [-0.15, -0.1) is 0 Å². The van der Waals surface area contributed by atoms with Crippen molar-refractivity contribution in [2.45, 2.75) is 12.7 Å². The zero-order chi connectivity index (χ0) is 11.3. The van der Waals surface area contributed by atoms with Crippen molar-refractivity contribution in [3.63, 3.8) is 0 Å². The van der Waals surface area contributed by atoms with Gasteiger partial charge in [0, 0.05) is 12.1 Å². The fourth-order valence-electron chi connectivity index (χ4n) is 0.819. The highest BCUT2D eigenvalue weighted by atomic mass is 19.4. The number of amides is 2. The Morgan fingerprint density at radius 2 is 2.13 bits per heavy atom. The second-order valence-electron chi connectivity index (χ2n) is 2.78. The normalized spacial score (nSPS) is 11.1. The first-order valence-corrected chi connectivity index (χ1v) is 4.07.